The van der Waals surface area contributed by atoms with Crippen LogP contribution in [-0.2, 0) is 0 Å². The van der Waals surface area contributed by atoms with E-state index in [4.69, 9.17) is 4.99 Å². The Morgan fingerprint density at radius 2 is 1.81 bits per heavy atom. The lowest BCUT2D eigenvalue weighted by atomic mass is 9.99. The molecular formula is C21H35N5O. The first kappa shape index (κ1) is 19.8. The first-order chi connectivity index (χ1) is 13.2. The minimum atomic E-state index is 0.363. The van der Waals surface area contributed by atoms with Gasteiger partial charge < -0.3 is 25.1 Å². The van der Waals surface area contributed by atoms with Crippen LogP contribution in [0.15, 0.2) is 29.3 Å². The van der Waals surface area contributed by atoms with Gasteiger partial charge in [0.1, 0.15) is 5.75 Å². The van der Waals surface area contributed by atoms with E-state index in [9.17, 15) is 5.11 Å². The van der Waals surface area contributed by atoms with E-state index in [0.29, 0.717) is 5.75 Å². The molecule has 0 atom stereocenters. The monoisotopic (exact) mass is 373 g/mol. The highest BCUT2D eigenvalue weighted by Gasteiger charge is 2.21. The zero-order valence-electron chi connectivity index (χ0n) is 16.9. The molecular weight excluding hydrogens is 338 g/mol. The first-order valence-electron chi connectivity index (χ1n) is 10.5. The van der Waals surface area contributed by atoms with Crippen molar-refractivity contribution in [1.82, 2.24) is 15.1 Å². The summed E-state index contributed by atoms with van der Waals surface area (Å²) >= 11 is 0. The van der Waals surface area contributed by atoms with Crippen LogP contribution in [0.25, 0.3) is 0 Å². The molecule has 0 spiro atoms. The van der Waals surface area contributed by atoms with Crippen LogP contribution in [0.1, 0.15) is 26.7 Å². The van der Waals surface area contributed by atoms with E-state index in [2.05, 4.69) is 33.9 Å². The first-order valence-corrected chi connectivity index (χ1v) is 10.5. The summed E-state index contributed by atoms with van der Waals surface area (Å²) in [5.41, 5.74) is 0.929. The van der Waals surface area contributed by atoms with Crippen molar-refractivity contribution in [2.45, 2.75) is 26.7 Å². The maximum Gasteiger partial charge on any atom is 0.194 e. The van der Waals surface area contributed by atoms with Gasteiger partial charge in [0.25, 0.3) is 0 Å². The predicted molar refractivity (Wildman–Crippen MR) is 113 cm³/mol. The van der Waals surface area contributed by atoms with Gasteiger partial charge >= 0.3 is 0 Å². The van der Waals surface area contributed by atoms with Crippen molar-refractivity contribution in [1.29, 1.82) is 0 Å². The Balaban J connectivity index is 1.51. The summed E-state index contributed by atoms with van der Waals surface area (Å²) in [5, 5.41) is 13.5. The average molecular weight is 374 g/mol. The number of nitrogens with one attached hydrogen (secondary N) is 1. The highest BCUT2D eigenvalue weighted by atomic mass is 16.3. The fraction of sp³-hybridized carbons (Fsp3) is 0.667. The van der Waals surface area contributed by atoms with Crippen molar-refractivity contribution < 1.29 is 5.11 Å². The Hall–Kier alpha value is -1.95. The molecule has 6 nitrogen and oxygen atoms in total. The Labute approximate surface area is 163 Å². The molecule has 3 rings (SSSR count). The van der Waals surface area contributed by atoms with Gasteiger partial charge in [0, 0.05) is 39.3 Å². The topological polar surface area (TPSA) is 54.3 Å². The van der Waals surface area contributed by atoms with Crippen molar-refractivity contribution in [2.24, 2.45) is 10.9 Å². The molecule has 0 bridgehead atoms. The third-order valence-corrected chi connectivity index (χ3v) is 5.69. The summed E-state index contributed by atoms with van der Waals surface area (Å²) in [6.07, 6.45) is 2.64. The van der Waals surface area contributed by atoms with Gasteiger partial charge in [-0.3, -0.25) is 4.99 Å². The van der Waals surface area contributed by atoms with Crippen molar-refractivity contribution in [3.05, 3.63) is 24.3 Å². The molecule has 6 heteroatoms. The summed E-state index contributed by atoms with van der Waals surface area (Å²) in [7, 11) is 0. The number of piperazine rings is 1. The number of piperidine rings is 1. The summed E-state index contributed by atoms with van der Waals surface area (Å²) in [4.78, 5) is 12.0. The number of aromatic hydroxyl groups is 1. The number of hydrogen-bond acceptors (Lipinski definition) is 4. The van der Waals surface area contributed by atoms with Gasteiger partial charge in [-0.1, -0.05) is 19.1 Å². The SMILES string of the molecule is CCNC(=NCCN1CCC(C)CC1)N1CCN(c2ccccc2O)CC1. The second kappa shape index (κ2) is 9.83. The number of hydrogen-bond donors (Lipinski definition) is 2. The lowest BCUT2D eigenvalue weighted by molar-refractivity contribution is 0.197. The van der Waals surface area contributed by atoms with Gasteiger partial charge in [0.2, 0.25) is 0 Å². The molecule has 2 aliphatic heterocycles. The molecule has 0 aliphatic carbocycles. The number of guanidine groups is 1. The lowest BCUT2D eigenvalue weighted by Crippen LogP contribution is -2.52. The summed E-state index contributed by atoms with van der Waals surface area (Å²) in [6.45, 7) is 13.3. The van der Waals surface area contributed by atoms with E-state index >= 15 is 0 Å². The Morgan fingerprint density at radius 1 is 1.11 bits per heavy atom. The number of rotatable bonds is 5. The number of nitrogens with zero attached hydrogens (tertiary/aromatic N) is 4. The quantitative estimate of drug-likeness (QED) is 0.612. The van der Waals surface area contributed by atoms with Crippen LogP contribution in [0.2, 0.25) is 0 Å². The minimum Gasteiger partial charge on any atom is -0.506 e. The number of aliphatic imine (C=N–C) groups is 1. The fourth-order valence-corrected chi connectivity index (χ4v) is 3.90. The number of likely N-dealkylation sites (tertiary alicyclic amines) is 1. The Bertz CT molecular complexity index is 604. The Kier molecular flexibility index (Phi) is 7.21. The van der Waals surface area contributed by atoms with Crippen LogP contribution in [0.5, 0.6) is 5.75 Å². The van der Waals surface area contributed by atoms with Crippen molar-refractivity contribution in [3.8, 4) is 5.75 Å². The lowest BCUT2D eigenvalue weighted by Gasteiger charge is -2.38. The van der Waals surface area contributed by atoms with E-state index in [-0.39, 0.29) is 0 Å². The normalized spacial score (nSPS) is 20.1. The molecule has 0 amide bonds. The molecule has 27 heavy (non-hydrogen) atoms. The van der Waals surface area contributed by atoms with E-state index in [1.165, 1.54) is 25.9 Å². The third kappa shape index (κ3) is 5.51. The molecule has 150 valence electrons. The van der Waals surface area contributed by atoms with Crippen LogP contribution >= 0.6 is 0 Å². The van der Waals surface area contributed by atoms with Gasteiger partial charge in [-0.15, -0.1) is 0 Å². The van der Waals surface area contributed by atoms with Crippen LogP contribution < -0.4 is 10.2 Å². The van der Waals surface area contributed by atoms with Gasteiger partial charge in [-0.25, -0.2) is 0 Å². The van der Waals surface area contributed by atoms with Crippen molar-refractivity contribution >= 4 is 11.6 Å². The van der Waals surface area contributed by atoms with Gasteiger partial charge in [-0.2, -0.15) is 0 Å². The second-order valence-corrected chi connectivity index (χ2v) is 7.72. The Morgan fingerprint density at radius 3 is 2.48 bits per heavy atom. The minimum absolute atomic E-state index is 0.363. The van der Waals surface area contributed by atoms with E-state index in [1.54, 1.807) is 6.07 Å². The molecule has 2 N–H and O–H groups in total. The molecule has 1 aromatic carbocycles. The van der Waals surface area contributed by atoms with Gasteiger partial charge in [0.05, 0.1) is 12.2 Å². The zero-order chi connectivity index (χ0) is 19.1. The number of phenols is 1. The average Bonchev–Trinajstić information content (AvgIpc) is 2.69. The smallest absolute Gasteiger partial charge is 0.194 e. The zero-order valence-corrected chi connectivity index (χ0v) is 16.9. The maximum atomic E-state index is 10.1. The summed E-state index contributed by atoms with van der Waals surface area (Å²) in [5.74, 6) is 2.27. The van der Waals surface area contributed by atoms with E-state index in [1.807, 2.05) is 18.2 Å². The molecule has 0 unspecified atom stereocenters. The number of anilines is 1. The third-order valence-electron chi connectivity index (χ3n) is 5.69. The molecule has 0 aromatic heterocycles. The number of para-hydroxylation sites is 2. The van der Waals surface area contributed by atoms with E-state index < -0.39 is 0 Å². The largest absolute Gasteiger partial charge is 0.506 e. The highest BCUT2D eigenvalue weighted by Crippen LogP contribution is 2.27. The molecule has 2 heterocycles. The summed E-state index contributed by atoms with van der Waals surface area (Å²) in [6, 6.07) is 7.60. The number of benzene rings is 1. The van der Waals surface area contributed by atoms with Crippen LogP contribution in [-0.4, -0.2) is 79.8 Å². The van der Waals surface area contributed by atoms with Crippen LogP contribution in [0.3, 0.4) is 0 Å². The molecule has 0 radical (unpaired) electrons. The van der Waals surface area contributed by atoms with Crippen molar-refractivity contribution in [3.63, 3.8) is 0 Å². The second-order valence-electron chi connectivity index (χ2n) is 7.72. The molecule has 2 saturated heterocycles. The standard InChI is InChI=1S/C21H35N5O/c1-3-22-21(23-10-13-24-11-8-18(2)9-12-24)26-16-14-25(15-17-26)19-6-4-5-7-20(19)27/h4-7,18,27H,3,8-17H2,1-2H3,(H,22,23). The molecule has 2 aliphatic rings. The predicted octanol–water partition coefficient (Wildman–Crippen LogP) is 2.21. The van der Waals surface area contributed by atoms with Crippen LogP contribution in [0.4, 0.5) is 5.69 Å². The van der Waals surface area contributed by atoms with Gasteiger partial charge in [-0.05, 0) is 50.9 Å². The van der Waals surface area contributed by atoms with Crippen LogP contribution in [0, 0.1) is 5.92 Å². The van der Waals surface area contributed by atoms with Gasteiger partial charge in [0.15, 0.2) is 5.96 Å². The molecule has 0 saturated carbocycles. The van der Waals surface area contributed by atoms with Crippen molar-refractivity contribution in [2.75, 3.05) is 63.8 Å². The van der Waals surface area contributed by atoms with E-state index in [0.717, 1.165) is 63.4 Å². The number of phenolic OH excluding ortho intramolecular Hbond substituents is 1. The maximum absolute atomic E-state index is 10.1. The molecule has 1 aromatic rings. The fourth-order valence-electron chi connectivity index (χ4n) is 3.90. The summed E-state index contributed by atoms with van der Waals surface area (Å²) < 4.78 is 0. The highest BCUT2D eigenvalue weighted by molar-refractivity contribution is 5.80. The molecule has 2 fully saturated rings.